The van der Waals surface area contributed by atoms with Gasteiger partial charge in [0.15, 0.2) is 0 Å². The molecule has 0 aromatic rings. The Morgan fingerprint density at radius 1 is 0.962 bits per heavy atom. The standard InChI is InChI=1S/C10H16NO2.3C4H9.Sn/c1-2-3-9-13-10(12)11-7-5-4-6-8-11;3*1-3-4-2;/h5H,2-3,6-9H2,1H3;3*1,3-4H2,2H3;. The van der Waals surface area contributed by atoms with Crippen molar-refractivity contribution in [2.24, 2.45) is 0 Å². The van der Waals surface area contributed by atoms with Gasteiger partial charge in [-0.05, 0) is 0 Å². The molecule has 0 radical (unpaired) electrons. The fourth-order valence-corrected chi connectivity index (χ4v) is 21.2. The topological polar surface area (TPSA) is 29.5 Å². The number of ether oxygens (including phenoxy) is 1. The molecule has 0 fully saturated rings. The fourth-order valence-electron chi connectivity index (χ4n) is 4.11. The van der Waals surface area contributed by atoms with Gasteiger partial charge in [0.05, 0.1) is 0 Å². The van der Waals surface area contributed by atoms with Gasteiger partial charge in [0.2, 0.25) is 0 Å². The molecular weight excluding hydrogens is 429 g/mol. The quantitative estimate of drug-likeness (QED) is 0.215. The monoisotopic (exact) mass is 473 g/mol. The Labute approximate surface area is 166 Å². The molecule has 152 valence electrons. The summed E-state index contributed by atoms with van der Waals surface area (Å²) in [5.74, 6) is 0. The zero-order valence-corrected chi connectivity index (χ0v) is 20.8. The number of carbonyl (C=O) groups is 1. The first-order chi connectivity index (χ1) is 12.6. The van der Waals surface area contributed by atoms with Gasteiger partial charge < -0.3 is 0 Å². The van der Waals surface area contributed by atoms with Crippen LogP contribution in [0.1, 0.15) is 85.5 Å². The Morgan fingerprint density at radius 3 is 1.92 bits per heavy atom. The van der Waals surface area contributed by atoms with Crippen LogP contribution in [0.3, 0.4) is 0 Å². The van der Waals surface area contributed by atoms with E-state index in [2.05, 4.69) is 33.8 Å². The molecule has 0 bridgehead atoms. The van der Waals surface area contributed by atoms with Crippen LogP contribution in [0.25, 0.3) is 0 Å². The van der Waals surface area contributed by atoms with Crippen molar-refractivity contribution in [1.29, 1.82) is 0 Å². The Morgan fingerprint density at radius 2 is 1.50 bits per heavy atom. The number of unbranched alkanes of at least 4 members (excludes halogenated alkanes) is 4. The third kappa shape index (κ3) is 7.82. The molecule has 3 nitrogen and oxygen atoms in total. The Balaban J connectivity index is 2.80. The number of amides is 1. The molecule has 1 heterocycles. The maximum absolute atomic E-state index is 12.2. The first kappa shape index (κ1) is 23.8. The summed E-state index contributed by atoms with van der Waals surface area (Å²) in [6.45, 7) is 11.3. The average molecular weight is 472 g/mol. The van der Waals surface area contributed by atoms with E-state index in [4.69, 9.17) is 4.74 Å². The van der Waals surface area contributed by atoms with Crippen LogP contribution in [0, 0.1) is 0 Å². The Kier molecular flexibility index (Phi) is 12.7. The predicted octanol–water partition coefficient (Wildman–Crippen LogP) is 6.94. The average Bonchev–Trinajstić information content (AvgIpc) is 2.68. The molecule has 1 rings (SSSR count). The summed E-state index contributed by atoms with van der Waals surface area (Å²) in [5, 5.41) is 0. The van der Waals surface area contributed by atoms with Crippen LogP contribution in [0.5, 0.6) is 0 Å². The summed E-state index contributed by atoms with van der Waals surface area (Å²) in [5.41, 5.74) is 0. The molecule has 0 saturated heterocycles. The van der Waals surface area contributed by atoms with Crippen LogP contribution in [-0.4, -0.2) is 49.1 Å². The van der Waals surface area contributed by atoms with Crippen molar-refractivity contribution in [1.82, 2.24) is 4.90 Å². The number of hydrogen-bond acceptors (Lipinski definition) is 2. The molecule has 0 aromatic carbocycles. The maximum atomic E-state index is 12.2. The van der Waals surface area contributed by atoms with Gasteiger partial charge in [-0.15, -0.1) is 0 Å². The van der Waals surface area contributed by atoms with Crippen LogP contribution in [0.15, 0.2) is 9.67 Å². The molecule has 0 N–H and O–H groups in total. The van der Waals surface area contributed by atoms with E-state index in [9.17, 15) is 4.79 Å². The van der Waals surface area contributed by atoms with E-state index in [1.165, 1.54) is 51.8 Å². The predicted molar refractivity (Wildman–Crippen MR) is 115 cm³/mol. The molecule has 0 saturated carbocycles. The van der Waals surface area contributed by atoms with Crippen molar-refractivity contribution in [3.8, 4) is 0 Å². The van der Waals surface area contributed by atoms with Gasteiger partial charge in [0, 0.05) is 0 Å². The van der Waals surface area contributed by atoms with Gasteiger partial charge in [-0.25, -0.2) is 0 Å². The molecule has 0 aliphatic carbocycles. The SMILES string of the molecule is CCCCOC(=O)N1CC=[C]([Sn]([CH2]CCC)([CH2]CCC)[CH2]CCC)CC1. The summed E-state index contributed by atoms with van der Waals surface area (Å²) in [6, 6.07) is 0. The minimum atomic E-state index is -2.26. The van der Waals surface area contributed by atoms with Gasteiger partial charge >= 0.3 is 167 Å². The van der Waals surface area contributed by atoms with Crippen molar-refractivity contribution in [3.05, 3.63) is 9.67 Å². The number of hydrogen-bond donors (Lipinski definition) is 0. The van der Waals surface area contributed by atoms with Crippen LogP contribution in [0.2, 0.25) is 13.3 Å². The molecule has 26 heavy (non-hydrogen) atoms. The summed E-state index contributed by atoms with van der Waals surface area (Å²) < 4.78 is 11.8. The van der Waals surface area contributed by atoms with Crippen molar-refractivity contribution in [2.75, 3.05) is 19.7 Å². The molecule has 0 unspecified atom stereocenters. The molecule has 0 aromatic heterocycles. The molecule has 0 atom stereocenters. The second kappa shape index (κ2) is 13.9. The van der Waals surface area contributed by atoms with Gasteiger partial charge in [-0.2, -0.15) is 0 Å². The minimum absolute atomic E-state index is 0.106. The van der Waals surface area contributed by atoms with Crippen LogP contribution in [-0.2, 0) is 4.74 Å². The van der Waals surface area contributed by atoms with E-state index in [-0.39, 0.29) is 6.09 Å². The van der Waals surface area contributed by atoms with Gasteiger partial charge in [-0.1, -0.05) is 0 Å². The van der Waals surface area contributed by atoms with E-state index < -0.39 is 18.4 Å². The second-order valence-corrected chi connectivity index (χ2v) is 21.4. The van der Waals surface area contributed by atoms with Gasteiger partial charge in [-0.3, -0.25) is 0 Å². The summed E-state index contributed by atoms with van der Waals surface area (Å²) in [4.78, 5) is 14.1. The van der Waals surface area contributed by atoms with Crippen LogP contribution < -0.4 is 0 Å². The number of carbonyl (C=O) groups excluding carboxylic acids is 1. The van der Waals surface area contributed by atoms with Crippen molar-refractivity contribution in [2.45, 2.75) is 98.8 Å². The Hall–Kier alpha value is -0.191. The first-order valence-corrected chi connectivity index (χ1v) is 18.7. The fraction of sp³-hybridized carbons (Fsp3) is 0.864. The molecule has 1 aliphatic rings. The number of nitrogens with zero attached hydrogens (tertiary/aromatic N) is 1. The van der Waals surface area contributed by atoms with Gasteiger partial charge in [0.1, 0.15) is 0 Å². The molecule has 1 amide bonds. The Bertz CT molecular complexity index is 401. The number of rotatable bonds is 13. The van der Waals surface area contributed by atoms with Crippen molar-refractivity contribution < 1.29 is 9.53 Å². The molecule has 4 heteroatoms. The summed E-state index contributed by atoms with van der Waals surface area (Å²) in [7, 11) is 0. The van der Waals surface area contributed by atoms with Crippen molar-refractivity contribution in [3.63, 3.8) is 0 Å². The van der Waals surface area contributed by atoms with Gasteiger partial charge in [0.25, 0.3) is 0 Å². The molecular formula is C22H43NO2Sn. The zero-order chi connectivity index (χ0) is 19.3. The third-order valence-electron chi connectivity index (χ3n) is 5.90. The van der Waals surface area contributed by atoms with E-state index in [0.717, 1.165) is 32.4 Å². The van der Waals surface area contributed by atoms with E-state index in [1.807, 2.05) is 8.49 Å². The summed E-state index contributed by atoms with van der Waals surface area (Å²) in [6.07, 6.45) is 13.7. The van der Waals surface area contributed by atoms with Crippen LogP contribution >= 0.6 is 0 Å². The second-order valence-electron chi connectivity index (χ2n) is 7.98. The van der Waals surface area contributed by atoms with Crippen LogP contribution in [0.4, 0.5) is 4.79 Å². The van der Waals surface area contributed by atoms with E-state index in [1.54, 1.807) is 0 Å². The van der Waals surface area contributed by atoms with Crippen molar-refractivity contribution >= 4 is 24.5 Å². The van der Waals surface area contributed by atoms with E-state index >= 15 is 0 Å². The molecule has 1 aliphatic heterocycles. The normalized spacial score (nSPS) is 15.1. The summed E-state index contributed by atoms with van der Waals surface area (Å²) >= 11 is -2.26. The third-order valence-corrected chi connectivity index (χ3v) is 22.3. The van der Waals surface area contributed by atoms with E-state index in [0.29, 0.717) is 6.61 Å². The molecule has 0 spiro atoms. The first-order valence-electron chi connectivity index (χ1n) is 11.2. The zero-order valence-electron chi connectivity index (χ0n) is 17.9.